The second kappa shape index (κ2) is 5.99. The summed E-state index contributed by atoms with van der Waals surface area (Å²) < 4.78 is 11.1. The van der Waals surface area contributed by atoms with Gasteiger partial charge in [0.05, 0.1) is 0 Å². The van der Waals surface area contributed by atoms with E-state index in [1.165, 1.54) is 25.7 Å². The predicted molar refractivity (Wildman–Crippen MR) is 64.3 cm³/mol. The summed E-state index contributed by atoms with van der Waals surface area (Å²) in [5.41, 5.74) is 0. The second-order valence-electron chi connectivity index (χ2n) is 4.95. The molecule has 0 bridgehead atoms. The number of nitrogens with one attached hydrogen (secondary N) is 1. The smallest absolute Gasteiger partial charge is 0.169 e. The molecule has 1 N–H and O–H groups in total. The molecule has 0 aromatic carbocycles. The molecule has 0 amide bonds. The molecule has 0 spiro atoms. The number of hydrogen-bond donors (Lipinski definition) is 1. The van der Waals surface area contributed by atoms with Gasteiger partial charge in [0.25, 0.3) is 0 Å². The van der Waals surface area contributed by atoms with Gasteiger partial charge in [-0.3, -0.25) is 0 Å². The summed E-state index contributed by atoms with van der Waals surface area (Å²) in [5, 5.41) is 3.66. The Morgan fingerprint density at radius 3 is 1.88 bits per heavy atom. The van der Waals surface area contributed by atoms with Gasteiger partial charge in [-0.05, 0) is 51.4 Å². The molecule has 0 unspecified atom stereocenters. The predicted octanol–water partition coefficient (Wildman–Crippen LogP) is 2.16. The summed E-state index contributed by atoms with van der Waals surface area (Å²) >= 11 is 0. The zero-order chi connectivity index (χ0) is 11.4. The Hall–Kier alpha value is -0.120. The minimum absolute atomic E-state index is 0.0602. The van der Waals surface area contributed by atoms with Crippen LogP contribution in [0, 0.1) is 11.8 Å². The number of rotatable bonds is 9. The van der Waals surface area contributed by atoms with Gasteiger partial charge in [0.15, 0.2) is 6.29 Å². The van der Waals surface area contributed by atoms with Crippen LogP contribution in [0.1, 0.15) is 39.5 Å². The van der Waals surface area contributed by atoms with Crippen LogP contribution in [0.3, 0.4) is 0 Å². The largest absolute Gasteiger partial charge is 0.352 e. The van der Waals surface area contributed by atoms with E-state index in [4.69, 9.17) is 9.47 Å². The van der Waals surface area contributed by atoms with Crippen molar-refractivity contribution in [2.24, 2.45) is 11.8 Å². The van der Waals surface area contributed by atoms with E-state index in [0.29, 0.717) is 0 Å². The van der Waals surface area contributed by atoms with Crippen molar-refractivity contribution < 1.29 is 9.47 Å². The van der Waals surface area contributed by atoms with Crippen molar-refractivity contribution in [3.63, 3.8) is 0 Å². The van der Waals surface area contributed by atoms with Crippen LogP contribution in [0.4, 0.5) is 0 Å². The highest BCUT2D eigenvalue weighted by Crippen LogP contribution is 2.44. The van der Waals surface area contributed by atoms with Crippen molar-refractivity contribution in [1.82, 2.24) is 5.32 Å². The maximum absolute atomic E-state index is 5.55. The maximum Gasteiger partial charge on any atom is 0.169 e. The minimum Gasteiger partial charge on any atom is -0.352 e. The van der Waals surface area contributed by atoms with Crippen molar-refractivity contribution in [3.8, 4) is 0 Å². The van der Waals surface area contributed by atoms with E-state index in [1.54, 1.807) is 0 Å². The summed E-state index contributed by atoms with van der Waals surface area (Å²) in [5.74, 6) is 1.88. The van der Waals surface area contributed by atoms with Crippen molar-refractivity contribution >= 4 is 0 Å². The molecule has 0 atom stereocenters. The van der Waals surface area contributed by atoms with Crippen LogP contribution < -0.4 is 5.32 Å². The number of hydrogen-bond acceptors (Lipinski definition) is 3. The first-order valence-corrected chi connectivity index (χ1v) is 6.81. The third-order valence-corrected chi connectivity index (χ3v) is 3.49. The highest BCUT2D eigenvalue weighted by Gasteiger charge is 2.41. The van der Waals surface area contributed by atoms with E-state index >= 15 is 0 Å². The Morgan fingerprint density at radius 1 is 1.00 bits per heavy atom. The first kappa shape index (κ1) is 12.3. The molecule has 2 rings (SSSR count). The average Bonchev–Trinajstić information content (AvgIpc) is 3.13. The van der Waals surface area contributed by atoms with Gasteiger partial charge in [-0.2, -0.15) is 0 Å². The van der Waals surface area contributed by atoms with E-state index in [-0.39, 0.29) is 6.29 Å². The third kappa shape index (κ3) is 3.72. The minimum atomic E-state index is -0.0602. The molecule has 2 saturated carbocycles. The first-order valence-electron chi connectivity index (χ1n) is 6.81. The zero-order valence-electron chi connectivity index (χ0n) is 10.6. The van der Waals surface area contributed by atoms with Gasteiger partial charge < -0.3 is 14.8 Å². The molecule has 3 nitrogen and oxygen atoms in total. The summed E-state index contributed by atoms with van der Waals surface area (Å²) in [6, 6.07) is 0.739. The quantitative estimate of drug-likeness (QED) is 0.612. The molecule has 0 aromatic heterocycles. The Bertz CT molecular complexity index is 184. The molecule has 0 aliphatic heterocycles. The molecule has 3 heteroatoms. The van der Waals surface area contributed by atoms with Crippen LogP contribution in [0.2, 0.25) is 0 Å². The molecular weight excluding hydrogens is 202 g/mol. The Balaban J connectivity index is 1.69. The van der Waals surface area contributed by atoms with E-state index in [9.17, 15) is 0 Å². The monoisotopic (exact) mass is 227 g/mol. The summed E-state index contributed by atoms with van der Waals surface area (Å²) in [7, 11) is 0. The molecule has 0 aromatic rings. The lowest BCUT2D eigenvalue weighted by Gasteiger charge is -2.22. The molecule has 2 aliphatic carbocycles. The van der Waals surface area contributed by atoms with E-state index in [1.807, 2.05) is 13.8 Å². The van der Waals surface area contributed by atoms with E-state index in [2.05, 4.69) is 5.32 Å². The van der Waals surface area contributed by atoms with Gasteiger partial charge in [-0.1, -0.05) is 0 Å². The van der Waals surface area contributed by atoms with Crippen molar-refractivity contribution in [3.05, 3.63) is 0 Å². The van der Waals surface area contributed by atoms with Crippen molar-refractivity contribution in [2.75, 3.05) is 19.8 Å². The molecule has 0 heterocycles. The summed E-state index contributed by atoms with van der Waals surface area (Å²) in [4.78, 5) is 0. The SMILES string of the molecule is CCOC(CNC(C1CC1)C1CC1)OCC. The molecule has 0 radical (unpaired) electrons. The Labute approximate surface area is 98.9 Å². The highest BCUT2D eigenvalue weighted by atomic mass is 16.7. The van der Waals surface area contributed by atoms with Gasteiger partial charge in [-0.15, -0.1) is 0 Å². The summed E-state index contributed by atoms with van der Waals surface area (Å²) in [6.45, 7) is 6.34. The van der Waals surface area contributed by atoms with Crippen molar-refractivity contribution in [2.45, 2.75) is 51.9 Å². The van der Waals surface area contributed by atoms with Crippen LogP contribution in [-0.4, -0.2) is 32.1 Å². The van der Waals surface area contributed by atoms with Crippen LogP contribution >= 0.6 is 0 Å². The normalized spacial score (nSPS) is 21.0. The van der Waals surface area contributed by atoms with Crippen LogP contribution in [0.5, 0.6) is 0 Å². The average molecular weight is 227 g/mol. The van der Waals surface area contributed by atoms with Crippen LogP contribution in [0.15, 0.2) is 0 Å². The zero-order valence-corrected chi connectivity index (χ0v) is 10.6. The fourth-order valence-electron chi connectivity index (χ4n) is 2.40. The third-order valence-electron chi connectivity index (χ3n) is 3.49. The van der Waals surface area contributed by atoms with Gasteiger partial charge >= 0.3 is 0 Å². The topological polar surface area (TPSA) is 30.5 Å². The first-order chi connectivity index (χ1) is 7.85. The Kier molecular flexibility index (Phi) is 4.62. The molecule has 2 aliphatic rings. The standard InChI is InChI=1S/C13H25NO2/c1-3-15-12(16-4-2)9-14-13(10-5-6-10)11-7-8-11/h10-14H,3-9H2,1-2H3. The fraction of sp³-hybridized carbons (Fsp3) is 1.00. The van der Waals surface area contributed by atoms with E-state index in [0.717, 1.165) is 37.6 Å². The number of ether oxygens (including phenoxy) is 2. The lowest BCUT2D eigenvalue weighted by Crippen LogP contribution is -2.40. The summed E-state index contributed by atoms with van der Waals surface area (Å²) in [6.07, 6.45) is 5.61. The lowest BCUT2D eigenvalue weighted by molar-refractivity contribution is -0.134. The van der Waals surface area contributed by atoms with Gasteiger partial charge in [0.1, 0.15) is 0 Å². The maximum atomic E-state index is 5.55. The van der Waals surface area contributed by atoms with Crippen molar-refractivity contribution in [1.29, 1.82) is 0 Å². The van der Waals surface area contributed by atoms with Crippen LogP contribution in [-0.2, 0) is 9.47 Å². The van der Waals surface area contributed by atoms with E-state index < -0.39 is 0 Å². The molecule has 16 heavy (non-hydrogen) atoms. The highest BCUT2D eigenvalue weighted by molar-refractivity contribution is 4.96. The molecule has 2 fully saturated rings. The van der Waals surface area contributed by atoms with Gasteiger partial charge in [-0.25, -0.2) is 0 Å². The van der Waals surface area contributed by atoms with Gasteiger partial charge in [0, 0.05) is 25.8 Å². The molecule has 0 saturated heterocycles. The van der Waals surface area contributed by atoms with Crippen LogP contribution in [0.25, 0.3) is 0 Å². The second-order valence-corrected chi connectivity index (χ2v) is 4.95. The lowest BCUT2D eigenvalue weighted by atomic mass is 10.1. The Morgan fingerprint density at radius 2 is 1.50 bits per heavy atom. The molecular formula is C13H25NO2. The molecule has 94 valence electrons. The van der Waals surface area contributed by atoms with Gasteiger partial charge in [0.2, 0.25) is 0 Å². The fourth-order valence-corrected chi connectivity index (χ4v) is 2.40.